The van der Waals surface area contributed by atoms with E-state index in [0.717, 1.165) is 12.0 Å². The predicted molar refractivity (Wildman–Crippen MR) is 99.3 cm³/mol. The zero-order chi connectivity index (χ0) is 18.6. The van der Waals surface area contributed by atoms with Crippen molar-refractivity contribution in [2.24, 2.45) is 5.92 Å². The molecule has 1 fully saturated rings. The van der Waals surface area contributed by atoms with Gasteiger partial charge in [0.2, 0.25) is 5.91 Å². The molecule has 6 heteroatoms. The van der Waals surface area contributed by atoms with E-state index >= 15 is 0 Å². The van der Waals surface area contributed by atoms with Crippen molar-refractivity contribution in [1.82, 2.24) is 9.80 Å². The van der Waals surface area contributed by atoms with Crippen LogP contribution in [0.5, 0.6) is 5.75 Å². The number of rotatable bonds is 4. The van der Waals surface area contributed by atoms with Crippen molar-refractivity contribution >= 4 is 23.4 Å². The van der Waals surface area contributed by atoms with Crippen molar-refractivity contribution in [2.45, 2.75) is 34.1 Å². The van der Waals surface area contributed by atoms with Gasteiger partial charge in [-0.3, -0.25) is 9.59 Å². The third-order valence-electron chi connectivity index (χ3n) is 4.40. The highest BCUT2D eigenvalue weighted by molar-refractivity contribution is 6.32. The van der Waals surface area contributed by atoms with E-state index in [1.807, 2.05) is 43.6 Å². The Kier molecular flexibility index (Phi) is 6.71. The number of hydrogen-bond acceptors (Lipinski definition) is 3. The van der Waals surface area contributed by atoms with Gasteiger partial charge in [-0.1, -0.05) is 25.4 Å². The third kappa shape index (κ3) is 4.66. The van der Waals surface area contributed by atoms with Crippen molar-refractivity contribution < 1.29 is 14.3 Å². The molecular weight excluding hydrogens is 340 g/mol. The standard InChI is InChI=1S/C19H27ClN2O3/c1-5-25-17-11-14(4)15(12-16(17)20)19(24)22-8-6-7-21(9-10-22)18(23)13(2)3/h11-13H,5-10H2,1-4H3. The smallest absolute Gasteiger partial charge is 0.254 e. The highest BCUT2D eigenvalue weighted by atomic mass is 35.5. The van der Waals surface area contributed by atoms with Crippen LogP contribution in [0, 0.1) is 12.8 Å². The summed E-state index contributed by atoms with van der Waals surface area (Å²) >= 11 is 6.25. The van der Waals surface area contributed by atoms with Crippen molar-refractivity contribution in [1.29, 1.82) is 0 Å². The van der Waals surface area contributed by atoms with Gasteiger partial charge in [-0.05, 0) is 38.0 Å². The minimum absolute atomic E-state index is 0.0191. The van der Waals surface area contributed by atoms with E-state index in [-0.39, 0.29) is 17.7 Å². The van der Waals surface area contributed by atoms with E-state index in [4.69, 9.17) is 16.3 Å². The molecule has 1 aromatic carbocycles. The van der Waals surface area contributed by atoms with Gasteiger partial charge in [0.25, 0.3) is 5.91 Å². The van der Waals surface area contributed by atoms with E-state index in [0.29, 0.717) is 49.1 Å². The van der Waals surface area contributed by atoms with Crippen LogP contribution in [0.1, 0.15) is 43.1 Å². The van der Waals surface area contributed by atoms with Crippen LogP contribution in [-0.4, -0.2) is 54.4 Å². The predicted octanol–water partition coefficient (Wildman–Crippen LogP) is 3.38. The maximum Gasteiger partial charge on any atom is 0.254 e. The summed E-state index contributed by atoms with van der Waals surface area (Å²) in [4.78, 5) is 28.8. The monoisotopic (exact) mass is 366 g/mol. The minimum atomic E-state index is -0.0405. The molecular formula is C19H27ClN2O3. The SMILES string of the molecule is CCOc1cc(C)c(C(=O)N2CCCN(C(=O)C(C)C)CC2)cc1Cl. The molecule has 5 nitrogen and oxygen atoms in total. The topological polar surface area (TPSA) is 49.9 Å². The number of amides is 2. The molecule has 138 valence electrons. The zero-order valence-electron chi connectivity index (χ0n) is 15.5. The molecule has 0 radical (unpaired) electrons. The molecule has 0 saturated carbocycles. The van der Waals surface area contributed by atoms with Crippen molar-refractivity contribution in [3.63, 3.8) is 0 Å². The summed E-state index contributed by atoms with van der Waals surface area (Å²) < 4.78 is 5.48. The molecule has 2 rings (SSSR count). The summed E-state index contributed by atoms with van der Waals surface area (Å²) in [5.41, 5.74) is 1.44. The summed E-state index contributed by atoms with van der Waals surface area (Å²) in [5, 5.41) is 0.447. The average molecular weight is 367 g/mol. The molecule has 0 aliphatic carbocycles. The molecule has 0 spiro atoms. The Labute approximate surface area is 154 Å². The molecule has 2 amide bonds. The molecule has 0 N–H and O–H groups in total. The third-order valence-corrected chi connectivity index (χ3v) is 4.69. The first-order chi connectivity index (χ1) is 11.8. The summed E-state index contributed by atoms with van der Waals surface area (Å²) in [6.45, 7) is 10.6. The number of carbonyl (C=O) groups excluding carboxylic acids is 2. The highest BCUT2D eigenvalue weighted by Crippen LogP contribution is 2.29. The van der Waals surface area contributed by atoms with Crippen molar-refractivity contribution in [2.75, 3.05) is 32.8 Å². The summed E-state index contributed by atoms with van der Waals surface area (Å²) in [6, 6.07) is 3.50. The summed E-state index contributed by atoms with van der Waals surface area (Å²) in [6.07, 6.45) is 0.786. The van der Waals surface area contributed by atoms with E-state index in [9.17, 15) is 9.59 Å². The Balaban J connectivity index is 2.13. The number of nitrogens with zero attached hydrogens (tertiary/aromatic N) is 2. The first-order valence-corrected chi connectivity index (χ1v) is 9.24. The molecule has 0 atom stereocenters. The van der Waals surface area contributed by atoms with E-state index in [1.54, 1.807) is 6.07 Å². The number of benzene rings is 1. The Morgan fingerprint density at radius 1 is 1.16 bits per heavy atom. The molecule has 0 bridgehead atoms. The molecule has 0 aromatic heterocycles. The minimum Gasteiger partial charge on any atom is -0.492 e. The van der Waals surface area contributed by atoms with Crippen LogP contribution in [0.4, 0.5) is 0 Å². The highest BCUT2D eigenvalue weighted by Gasteiger charge is 2.25. The van der Waals surface area contributed by atoms with E-state index < -0.39 is 0 Å². The number of aryl methyl sites for hydroxylation is 1. The maximum atomic E-state index is 12.9. The first kappa shape index (κ1) is 19.6. The average Bonchev–Trinajstić information content (AvgIpc) is 2.82. The molecule has 1 aliphatic heterocycles. The van der Waals surface area contributed by atoms with Gasteiger partial charge < -0.3 is 14.5 Å². The van der Waals surface area contributed by atoms with Crippen LogP contribution in [0.2, 0.25) is 5.02 Å². The lowest BCUT2D eigenvalue weighted by Gasteiger charge is -2.24. The van der Waals surface area contributed by atoms with Crippen LogP contribution in [-0.2, 0) is 4.79 Å². The van der Waals surface area contributed by atoms with E-state index in [2.05, 4.69) is 0 Å². The van der Waals surface area contributed by atoms with Gasteiger partial charge >= 0.3 is 0 Å². The Morgan fingerprint density at radius 3 is 2.44 bits per heavy atom. The van der Waals surface area contributed by atoms with Crippen molar-refractivity contribution in [3.8, 4) is 5.75 Å². The lowest BCUT2D eigenvalue weighted by atomic mass is 10.1. The zero-order valence-corrected chi connectivity index (χ0v) is 16.2. The second-order valence-corrected chi connectivity index (χ2v) is 7.06. The quantitative estimate of drug-likeness (QED) is 0.820. The number of halogens is 1. The molecule has 1 aromatic rings. The Bertz CT molecular complexity index is 646. The number of carbonyl (C=O) groups is 2. The van der Waals surface area contributed by atoms with Crippen LogP contribution in [0.25, 0.3) is 0 Å². The molecule has 1 heterocycles. The largest absolute Gasteiger partial charge is 0.492 e. The second-order valence-electron chi connectivity index (χ2n) is 6.66. The Hall–Kier alpha value is -1.75. The van der Waals surface area contributed by atoms with Gasteiger partial charge in [0.1, 0.15) is 5.75 Å². The van der Waals surface area contributed by atoms with Gasteiger partial charge in [-0.25, -0.2) is 0 Å². The summed E-state index contributed by atoms with van der Waals surface area (Å²) in [7, 11) is 0. The van der Waals surface area contributed by atoms with Crippen LogP contribution < -0.4 is 4.74 Å². The van der Waals surface area contributed by atoms with Gasteiger partial charge in [-0.2, -0.15) is 0 Å². The molecule has 1 saturated heterocycles. The number of ether oxygens (including phenoxy) is 1. The van der Waals surface area contributed by atoms with Crippen molar-refractivity contribution in [3.05, 3.63) is 28.3 Å². The fourth-order valence-electron chi connectivity index (χ4n) is 3.03. The van der Waals surface area contributed by atoms with Gasteiger partial charge in [-0.15, -0.1) is 0 Å². The normalized spacial score (nSPS) is 15.3. The maximum absolute atomic E-state index is 12.9. The molecule has 1 aliphatic rings. The van der Waals surface area contributed by atoms with Gasteiger partial charge in [0.05, 0.1) is 11.6 Å². The number of hydrogen-bond donors (Lipinski definition) is 0. The summed E-state index contributed by atoms with van der Waals surface area (Å²) in [5.74, 6) is 0.688. The fourth-order valence-corrected chi connectivity index (χ4v) is 3.25. The Morgan fingerprint density at radius 2 is 1.80 bits per heavy atom. The lowest BCUT2D eigenvalue weighted by Crippen LogP contribution is -2.39. The molecule has 0 unspecified atom stereocenters. The lowest BCUT2D eigenvalue weighted by molar-refractivity contribution is -0.134. The van der Waals surface area contributed by atoms with Gasteiger partial charge in [0.15, 0.2) is 0 Å². The van der Waals surface area contributed by atoms with Crippen LogP contribution in [0.3, 0.4) is 0 Å². The fraction of sp³-hybridized carbons (Fsp3) is 0.579. The second kappa shape index (κ2) is 8.56. The first-order valence-electron chi connectivity index (χ1n) is 8.86. The van der Waals surface area contributed by atoms with E-state index in [1.165, 1.54) is 0 Å². The van der Waals surface area contributed by atoms with Gasteiger partial charge in [0, 0.05) is 37.7 Å². The van der Waals surface area contributed by atoms with Crippen LogP contribution >= 0.6 is 11.6 Å². The van der Waals surface area contributed by atoms with Crippen LogP contribution in [0.15, 0.2) is 12.1 Å². The molecule has 25 heavy (non-hydrogen) atoms.